The molecule has 0 unspecified atom stereocenters. The van der Waals surface area contributed by atoms with E-state index in [0.717, 1.165) is 24.1 Å². The molecule has 2 saturated carbocycles. The summed E-state index contributed by atoms with van der Waals surface area (Å²) in [5, 5.41) is 1.43. The lowest BCUT2D eigenvalue weighted by molar-refractivity contribution is -0.141. The molecule has 0 aliphatic heterocycles. The summed E-state index contributed by atoms with van der Waals surface area (Å²) in [5.41, 5.74) is 1.12. The third kappa shape index (κ3) is 2.28. The van der Waals surface area contributed by atoms with Crippen LogP contribution in [-0.2, 0) is 14.4 Å². The van der Waals surface area contributed by atoms with Gasteiger partial charge in [-0.3, -0.25) is 4.79 Å². The minimum absolute atomic E-state index is 0.0610. The number of Topliss-reactive ketones (excluding diaryl/α,β-unsaturated/α-hetero) is 1. The Morgan fingerprint density at radius 2 is 1.91 bits per heavy atom. The van der Waals surface area contributed by atoms with Crippen molar-refractivity contribution in [2.24, 2.45) is 16.7 Å². The standard InChI is InChI=1S/C19H23NO3/c1-13(21)23-20(14-8-6-5-7-9-14)12-15-16-10-11-19(4,17(15)22)18(16,2)3/h5-9,12,16H,10-11H2,1-4H3/b15-12-/t16-,19-/m0/s1. The minimum atomic E-state index is -0.410. The molecule has 0 aromatic heterocycles. The molecule has 0 radical (unpaired) electrons. The quantitative estimate of drug-likeness (QED) is 0.627. The lowest BCUT2D eigenvalue weighted by Gasteiger charge is -2.31. The highest BCUT2D eigenvalue weighted by molar-refractivity contribution is 6.05. The Morgan fingerprint density at radius 1 is 1.26 bits per heavy atom. The molecule has 2 aliphatic rings. The maximum absolute atomic E-state index is 12.9. The predicted molar refractivity (Wildman–Crippen MR) is 88.4 cm³/mol. The van der Waals surface area contributed by atoms with Gasteiger partial charge < -0.3 is 4.84 Å². The first-order valence-electron chi connectivity index (χ1n) is 8.07. The molecule has 1 aromatic carbocycles. The maximum atomic E-state index is 12.9. The number of hydroxylamine groups is 1. The molecule has 4 heteroatoms. The fraction of sp³-hybridized carbons (Fsp3) is 0.474. The number of anilines is 1. The molecule has 2 bridgehead atoms. The van der Waals surface area contributed by atoms with Crippen LogP contribution in [0.25, 0.3) is 0 Å². The summed E-state index contributed by atoms with van der Waals surface area (Å²) < 4.78 is 0. The Bertz CT molecular complexity index is 677. The molecule has 2 aliphatic carbocycles. The van der Waals surface area contributed by atoms with Gasteiger partial charge in [-0.15, -0.1) is 0 Å². The Kier molecular flexibility index (Phi) is 3.58. The maximum Gasteiger partial charge on any atom is 0.329 e. The normalized spacial score (nSPS) is 29.8. The first-order valence-corrected chi connectivity index (χ1v) is 8.07. The van der Waals surface area contributed by atoms with Gasteiger partial charge in [0.2, 0.25) is 0 Å². The van der Waals surface area contributed by atoms with E-state index in [-0.39, 0.29) is 22.5 Å². The summed E-state index contributed by atoms with van der Waals surface area (Å²) in [5.74, 6) is -0.0135. The molecule has 1 aromatic rings. The van der Waals surface area contributed by atoms with E-state index < -0.39 is 5.97 Å². The summed E-state index contributed by atoms with van der Waals surface area (Å²) in [7, 11) is 0. The fourth-order valence-corrected chi connectivity index (χ4v) is 4.07. The number of nitrogens with zero attached hydrogens (tertiary/aromatic N) is 1. The van der Waals surface area contributed by atoms with Crippen molar-refractivity contribution < 1.29 is 14.4 Å². The van der Waals surface area contributed by atoms with E-state index >= 15 is 0 Å². The van der Waals surface area contributed by atoms with Crippen molar-refractivity contribution in [2.75, 3.05) is 5.06 Å². The molecule has 0 saturated heterocycles. The summed E-state index contributed by atoms with van der Waals surface area (Å²) in [6.07, 6.45) is 3.65. The van der Waals surface area contributed by atoms with Crippen LogP contribution in [0.4, 0.5) is 5.69 Å². The molecule has 0 N–H and O–H groups in total. The van der Waals surface area contributed by atoms with Gasteiger partial charge in [0.25, 0.3) is 0 Å². The van der Waals surface area contributed by atoms with Gasteiger partial charge in [-0.05, 0) is 36.3 Å². The van der Waals surface area contributed by atoms with Crippen LogP contribution in [-0.4, -0.2) is 11.8 Å². The van der Waals surface area contributed by atoms with Gasteiger partial charge in [-0.25, -0.2) is 4.79 Å². The van der Waals surface area contributed by atoms with Crippen molar-refractivity contribution in [1.82, 2.24) is 0 Å². The summed E-state index contributed by atoms with van der Waals surface area (Å²) in [6, 6.07) is 9.35. The molecular weight excluding hydrogens is 290 g/mol. The third-order valence-corrected chi connectivity index (χ3v) is 5.86. The van der Waals surface area contributed by atoms with Crippen molar-refractivity contribution in [1.29, 1.82) is 0 Å². The van der Waals surface area contributed by atoms with Crippen LogP contribution >= 0.6 is 0 Å². The SMILES string of the molecule is CC(=O)ON(/C=C1\C(=O)[C@]2(C)CC[C@@H]1C2(C)C)c1ccccc1. The van der Waals surface area contributed by atoms with E-state index in [1.54, 1.807) is 6.20 Å². The first-order chi connectivity index (χ1) is 10.8. The number of carbonyl (C=O) groups excluding carboxylic acids is 2. The van der Waals surface area contributed by atoms with Crippen LogP contribution in [0.5, 0.6) is 0 Å². The van der Waals surface area contributed by atoms with Crippen LogP contribution in [0.3, 0.4) is 0 Å². The van der Waals surface area contributed by atoms with Gasteiger partial charge in [0.15, 0.2) is 5.78 Å². The Morgan fingerprint density at radius 3 is 2.43 bits per heavy atom. The summed E-state index contributed by atoms with van der Waals surface area (Å²) >= 11 is 0. The monoisotopic (exact) mass is 313 g/mol. The highest BCUT2D eigenvalue weighted by atomic mass is 16.7. The smallest absolute Gasteiger partial charge is 0.329 e. The highest BCUT2D eigenvalue weighted by Crippen LogP contribution is 2.65. The second-order valence-electron chi connectivity index (χ2n) is 7.30. The summed E-state index contributed by atoms with van der Waals surface area (Å²) in [4.78, 5) is 29.7. The average Bonchev–Trinajstić information content (AvgIpc) is 2.81. The zero-order chi connectivity index (χ0) is 16.8. The van der Waals surface area contributed by atoms with E-state index in [1.807, 2.05) is 30.3 Å². The molecule has 122 valence electrons. The molecule has 2 atom stereocenters. The van der Waals surface area contributed by atoms with Crippen LogP contribution in [0, 0.1) is 16.7 Å². The van der Waals surface area contributed by atoms with E-state index in [0.29, 0.717) is 0 Å². The molecule has 2 fully saturated rings. The third-order valence-electron chi connectivity index (χ3n) is 5.86. The molecule has 3 rings (SSSR count). The van der Waals surface area contributed by atoms with Gasteiger partial charge in [-0.1, -0.05) is 39.0 Å². The van der Waals surface area contributed by atoms with E-state index in [4.69, 9.17) is 4.84 Å². The Balaban J connectivity index is 2.01. The molecule has 0 amide bonds. The van der Waals surface area contributed by atoms with Crippen molar-refractivity contribution in [3.63, 3.8) is 0 Å². The Hall–Kier alpha value is -2.10. The second-order valence-corrected chi connectivity index (χ2v) is 7.30. The van der Waals surface area contributed by atoms with Gasteiger partial charge >= 0.3 is 5.97 Å². The lowest BCUT2D eigenvalue weighted by Crippen LogP contribution is -2.32. The average molecular weight is 313 g/mol. The number of para-hydroxylation sites is 1. The number of benzene rings is 1. The molecular formula is C19H23NO3. The number of allylic oxidation sites excluding steroid dienone is 1. The van der Waals surface area contributed by atoms with Gasteiger partial charge in [-0.2, -0.15) is 5.06 Å². The molecule has 0 heterocycles. The molecule has 4 nitrogen and oxygen atoms in total. The van der Waals surface area contributed by atoms with Crippen molar-refractivity contribution >= 4 is 17.4 Å². The minimum Gasteiger partial charge on any atom is -0.337 e. The van der Waals surface area contributed by atoms with Crippen LogP contribution < -0.4 is 5.06 Å². The van der Waals surface area contributed by atoms with Gasteiger partial charge in [0.05, 0.1) is 11.9 Å². The second kappa shape index (κ2) is 5.22. The summed E-state index contributed by atoms with van der Waals surface area (Å²) in [6.45, 7) is 7.77. The van der Waals surface area contributed by atoms with Crippen LogP contribution in [0.2, 0.25) is 0 Å². The number of ketones is 1. The van der Waals surface area contributed by atoms with E-state index in [1.165, 1.54) is 12.0 Å². The first kappa shape index (κ1) is 15.8. The zero-order valence-electron chi connectivity index (χ0n) is 14.1. The number of hydrogen-bond donors (Lipinski definition) is 0. The zero-order valence-corrected chi connectivity index (χ0v) is 14.1. The number of rotatable bonds is 3. The van der Waals surface area contributed by atoms with Crippen LogP contribution in [0.15, 0.2) is 42.1 Å². The van der Waals surface area contributed by atoms with Crippen molar-refractivity contribution in [2.45, 2.75) is 40.5 Å². The predicted octanol–water partition coefficient (Wildman–Crippen LogP) is 3.88. The van der Waals surface area contributed by atoms with Crippen molar-refractivity contribution in [3.8, 4) is 0 Å². The molecule has 0 spiro atoms. The largest absolute Gasteiger partial charge is 0.337 e. The fourth-order valence-electron chi connectivity index (χ4n) is 4.07. The number of fused-ring (bicyclic) bond motifs is 2. The van der Waals surface area contributed by atoms with Crippen LogP contribution in [0.1, 0.15) is 40.5 Å². The highest BCUT2D eigenvalue weighted by Gasteiger charge is 2.64. The van der Waals surface area contributed by atoms with Crippen molar-refractivity contribution in [3.05, 3.63) is 42.1 Å². The van der Waals surface area contributed by atoms with E-state index in [9.17, 15) is 9.59 Å². The Labute approximate surface area is 137 Å². The lowest BCUT2D eigenvalue weighted by atomic mass is 9.70. The topological polar surface area (TPSA) is 46.6 Å². The van der Waals surface area contributed by atoms with Gasteiger partial charge in [0.1, 0.15) is 0 Å². The number of hydrogen-bond acceptors (Lipinski definition) is 4. The molecule has 23 heavy (non-hydrogen) atoms. The van der Waals surface area contributed by atoms with E-state index in [2.05, 4.69) is 20.8 Å². The van der Waals surface area contributed by atoms with Gasteiger partial charge in [0, 0.05) is 17.9 Å². The number of carbonyl (C=O) groups is 2.